The highest BCUT2D eigenvalue weighted by Gasteiger charge is 2.38. The molecule has 0 saturated carbocycles. The number of halogens is 4. The van der Waals surface area contributed by atoms with Gasteiger partial charge in [-0.05, 0) is 18.2 Å². The van der Waals surface area contributed by atoms with Crippen molar-refractivity contribution in [2.45, 2.75) is 6.18 Å². The van der Waals surface area contributed by atoms with E-state index in [1.807, 2.05) is 0 Å². The van der Waals surface area contributed by atoms with Crippen LogP contribution in [0.25, 0.3) is 6.08 Å². The van der Waals surface area contributed by atoms with Crippen LogP contribution in [0.1, 0.15) is 5.69 Å². The van der Waals surface area contributed by atoms with Crippen molar-refractivity contribution in [1.29, 1.82) is 0 Å². The molecular formula is C10H7ClF3NO4. The van der Waals surface area contributed by atoms with E-state index in [1.165, 1.54) is 12.3 Å². The van der Waals surface area contributed by atoms with Crippen molar-refractivity contribution in [3.8, 4) is 0 Å². The van der Waals surface area contributed by atoms with E-state index >= 15 is 0 Å². The molecule has 0 saturated heterocycles. The van der Waals surface area contributed by atoms with Gasteiger partial charge in [0.25, 0.3) is 0 Å². The van der Waals surface area contributed by atoms with E-state index in [0.717, 1.165) is 6.08 Å². The summed E-state index contributed by atoms with van der Waals surface area (Å²) in [7, 11) is 0. The van der Waals surface area contributed by atoms with Gasteiger partial charge < -0.3 is 10.2 Å². The molecule has 0 fully saturated rings. The van der Waals surface area contributed by atoms with Crippen LogP contribution in [0.5, 0.6) is 0 Å². The first-order chi connectivity index (χ1) is 8.62. The molecule has 0 atom stereocenters. The van der Waals surface area contributed by atoms with E-state index in [1.54, 1.807) is 12.1 Å². The second kappa shape index (κ2) is 7.37. The SMILES string of the molecule is O=C(O)C(F)(F)F.O=C(O)C=Cc1ccc(Cl)cn1. The molecule has 19 heavy (non-hydrogen) atoms. The fourth-order valence-electron chi connectivity index (χ4n) is 0.643. The summed E-state index contributed by atoms with van der Waals surface area (Å²) in [5.41, 5.74) is 0.571. The number of hydrogen-bond acceptors (Lipinski definition) is 3. The summed E-state index contributed by atoms with van der Waals surface area (Å²) in [5, 5.41) is 15.9. The normalized spacial score (nSPS) is 10.7. The van der Waals surface area contributed by atoms with Crippen molar-refractivity contribution in [3.63, 3.8) is 0 Å². The number of carbonyl (C=O) groups is 2. The summed E-state index contributed by atoms with van der Waals surface area (Å²) in [5.74, 6) is -3.75. The largest absolute Gasteiger partial charge is 0.490 e. The summed E-state index contributed by atoms with van der Waals surface area (Å²) in [6.07, 6.45) is -1.20. The minimum atomic E-state index is -5.08. The maximum Gasteiger partial charge on any atom is 0.490 e. The summed E-state index contributed by atoms with van der Waals surface area (Å²) in [4.78, 5) is 22.9. The molecule has 0 amide bonds. The van der Waals surface area contributed by atoms with Crippen LogP contribution < -0.4 is 0 Å². The van der Waals surface area contributed by atoms with Gasteiger partial charge in [-0.2, -0.15) is 13.2 Å². The molecule has 0 radical (unpaired) electrons. The van der Waals surface area contributed by atoms with Crippen molar-refractivity contribution in [2.75, 3.05) is 0 Å². The first-order valence-electron chi connectivity index (χ1n) is 4.45. The number of nitrogens with zero attached hydrogens (tertiary/aromatic N) is 1. The molecule has 0 spiro atoms. The van der Waals surface area contributed by atoms with Gasteiger partial charge in [-0.15, -0.1) is 0 Å². The topological polar surface area (TPSA) is 87.5 Å². The quantitative estimate of drug-likeness (QED) is 0.819. The van der Waals surface area contributed by atoms with Crippen LogP contribution in [0.2, 0.25) is 5.02 Å². The number of carboxylic acids is 2. The third kappa shape index (κ3) is 8.61. The third-order valence-corrected chi connectivity index (χ3v) is 1.61. The molecule has 9 heteroatoms. The minimum Gasteiger partial charge on any atom is -0.478 e. The molecular weight excluding hydrogens is 291 g/mol. The van der Waals surface area contributed by atoms with E-state index < -0.39 is 18.1 Å². The lowest BCUT2D eigenvalue weighted by atomic mass is 10.3. The molecule has 0 aromatic carbocycles. The first kappa shape index (κ1) is 16.9. The molecule has 104 valence electrons. The number of pyridine rings is 1. The predicted molar refractivity (Wildman–Crippen MR) is 59.6 cm³/mol. The van der Waals surface area contributed by atoms with E-state index in [-0.39, 0.29) is 0 Å². The van der Waals surface area contributed by atoms with Gasteiger partial charge in [-0.1, -0.05) is 11.6 Å². The first-order valence-corrected chi connectivity index (χ1v) is 4.83. The summed E-state index contributed by atoms with van der Waals surface area (Å²) < 4.78 is 31.7. The van der Waals surface area contributed by atoms with Gasteiger partial charge in [0.1, 0.15) is 0 Å². The molecule has 1 heterocycles. The molecule has 1 aromatic heterocycles. The van der Waals surface area contributed by atoms with E-state index in [4.69, 9.17) is 26.6 Å². The molecule has 0 aliphatic carbocycles. The van der Waals surface area contributed by atoms with Crippen molar-refractivity contribution in [3.05, 3.63) is 35.1 Å². The van der Waals surface area contributed by atoms with Crippen LogP contribution in [-0.4, -0.2) is 33.3 Å². The van der Waals surface area contributed by atoms with Crippen molar-refractivity contribution >= 4 is 29.6 Å². The second-order valence-electron chi connectivity index (χ2n) is 2.88. The van der Waals surface area contributed by atoms with Crippen LogP contribution in [-0.2, 0) is 9.59 Å². The number of alkyl halides is 3. The molecule has 5 nitrogen and oxygen atoms in total. The Labute approximate surface area is 110 Å². The lowest BCUT2D eigenvalue weighted by Gasteiger charge is -1.93. The predicted octanol–water partition coefficient (Wildman–Crippen LogP) is 2.47. The Morgan fingerprint density at radius 1 is 1.26 bits per heavy atom. The van der Waals surface area contributed by atoms with Crippen molar-refractivity contribution < 1.29 is 33.0 Å². The highest BCUT2D eigenvalue weighted by molar-refractivity contribution is 6.30. The van der Waals surface area contributed by atoms with Gasteiger partial charge in [0.2, 0.25) is 0 Å². The van der Waals surface area contributed by atoms with Gasteiger partial charge in [0, 0.05) is 12.3 Å². The highest BCUT2D eigenvalue weighted by atomic mass is 35.5. The fourth-order valence-corrected chi connectivity index (χ4v) is 0.754. The van der Waals surface area contributed by atoms with Gasteiger partial charge in [-0.25, -0.2) is 9.59 Å². The van der Waals surface area contributed by atoms with Crippen LogP contribution in [0.4, 0.5) is 13.2 Å². The Morgan fingerprint density at radius 3 is 2.11 bits per heavy atom. The van der Waals surface area contributed by atoms with Gasteiger partial charge in [-0.3, -0.25) is 4.98 Å². The Bertz CT molecular complexity index is 471. The van der Waals surface area contributed by atoms with Crippen LogP contribution in [0.3, 0.4) is 0 Å². The highest BCUT2D eigenvalue weighted by Crippen LogP contribution is 2.13. The molecule has 1 aromatic rings. The van der Waals surface area contributed by atoms with Gasteiger partial charge in [0.15, 0.2) is 0 Å². The fraction of sp³-hybridized carbons (Fsp3) is 0.100. The smallest absolute Gasteiger partial charge is 0.478 e. The average Bonchev–Trinajstić information content (AvgIpc) is 2.27. The lowest BCUT2D eigenvalue weighted by molar-refractivity contribution is -0.192. The van der Waals surface area contributed by atoms with Crippen LogP contribution in [0, 0.1) is 0 Å². The second-order valence-corrected chi connectivity index (χ2v) is 3.31. The van der Waals surface area contributed by atoms with E-state index in [0.29, 0.717) is 10.7 Å². The number of carboxylic acid groups (broad SMARTS) is 2. The third-order valence-electron chi connectivity index (χ3n) is 1.39. The molecule has 0 bridgehead atoms. The summed E-state index contributed by atoms with van der Waals surface area (Å²) in [6.45, 7) is 0. The molecule has 0 aliphatic rings. The van der Waals surface area contributed by atoms with Crippen LogP contribution in [0.15, 0.2) is 24.4 Å². The Morgan fingerprint density at radius 2 is 1.79 bits per heavy atom. The van der Waals surface area contributed by atoms with E-state index in [2.05, 4.69) is 4.98 Å². The Kier molecular flexibility index (Phi) is 6.56. The Balaban J connectivity index is 0.000000399. The number of hydrogen-bond donors (Lipinski definition) is 2. The van der Waals surface area contributed by atoms with Gasteiger partial charge >= 0.3 is 18.1 Å². The summed E-state index contributed by atoms with van der Waals surface area (Å²) in [6, 6.07) is 3.29. The molecule has 0 aliphatic heterocycles. The number of rotatable bonds is 2. The maximum atomic E-state index is 10.6. The van der Waals surface area contributed by atoms with Crippen molar-refractivity contribution in [1.82, 2.24) is 4.98 Å². The summed E-state index contributed by atoms with van der Waals surface area (Å²) >= 11 is 5.57. The van der Waals surface area contributed by atoms with Crippen LogP contribution >= 0.6 is 11.6 Å². The molecule has 0 unspecified atom stereocenters. The Hall–Kier alpha value is -2.09. The maximum absolute atomic E-state index is 10.6. The monoisotopic (exact) mass is 297 g/mol. The van der Waals surface area contributed by atoms with E-state index in [9.17, 15) is 18.0 Å². The van der Waals surface area contributed by atoms with Crippen molar-refractivity contribution in [2.24, 2.45) is 0 Å². The lowest BCUT2D eigenvalue weighted by Crippen LogP contribution is -2.21. The molecule has 2 N–H and O–H groups in total. The number of aliphatic carboxylic acids is 2. The zero-order valence-corrected chi connectivity index (χ0v) is 9.81. The average molecular weight is 298 g/mol. The molecule has 1 rings (SSSR count). The standard InChI is InChI=1S/C8H6ClNO2.C2HF3O2/c9-6-1-2-7(10-5-6)3-4-8(11)12;3-2(4,5)1(6)7/h1-5H,(H,11,12);(H,6,7). The minimum absolute atomic E-state index is 0.530. The zero-order chi connectivity index (χ0) is 15.1. The zero-order valence-electron chi connectivity index (χ0n) is 9.06. The van der Waals surface area contributed by atoms with Gasteiger partial charge in [0.05, 0.1) is 10.7 Å². The number of aromatic nitrogens is 1.